The van der Waals surface area contributed by atoms with E-state index in [1.165, 1.54) is 23.0 Å². The molecule has 2 aromatic rings. The number of nitrogens with two attached hydrogens (primary N) is 1. The number of aromatic nitrogens is 2. The first-order valence-electron chi connectivity index (χ1n) is 6.14. The van der Waals surface area contributed by atoms with E-state index in [2.05, 4.69) is 47.3 Å². The maximum Gasteiger partial charge on any atom is 0.150 e. The molecule has 0 aliphatic heterocycles. The minimum absolute atomic E-state index is 0.297. The molecule has 0 saturated carbocycles. The Kier molecular flexibility index (Phi) is 4.22. The van der Waals surface area contributed by atoms with Crippen molar-refractivity contribution in [3.63, 3.8) is 0 Å². The van der Waals surface area contributed by atoms with E-state index in [0.717, 1.165) is 13.0 Å². The highest BCUT2D eigenvalue weighted by atomic mass is 35.5. The smallest absolute Gasteiger partial charge is 0.150 e. The summed E-state index contributed by atoms with van der Waals surface area (Å²) in [6.07, 6.45) is 2.31. The standard InChI is InChI=1S/C14H17ClN4/c1-9-3-4-11(10(2)7-9)5-6-17-14-12(15)13(16)18-8-19-14/h3-4,7-8H,5-6H2,1-2H3,(H3,16,17,18,19). The van der Waals surface area contributed by atoms with Crippen LogP contribution in [0.4, 0.5) is 11.6 Å². The molecule has 5 heteroatoms. The summed E-state index contributed by atoms with van der Waals surface area (Å²) < 4.78 is 0. The molecule has 0 fully saturated rings. The second-order valence-electron chi connectivity index (χ2n) is 4.53. The molecule has 1 heterocycles. The lowest BCUT2D eigenvalue weighted by Crippen LogP contribution is -2.09. The fourth-order valence-corrected chi connectivity index (χ4v) is 2.11. The Morgan fingerprint density at radius 1 is 1.26 bits per heavy atom. The van der Waals surface area contributed by atoms with E-state index in [4.69, 9.17) is 17.3 Å². The van der Waals surface area contributed by atoms with E-state index in [9.17, 15) is 0 Å². The van der Waals surface area contributed by atoms with Crippen LogP contribution >= 0.6 is 11.6 Å². The molecule has 0 radical (unpaired) electrons. The maximum atomic E-state index is 6.01. The number of benzene rings is 1. The highest BCUT2D eigenvalue weighted by molar-refractivity contribution is 6.35. The van der Waals surface area contributed by atoms with Crippen molar-refractivity contribution in [2.24, 2.45) is 0 Å². The Balaban J connectivity index is 1.98. The lowest BCUT2D eigenvalue weighted by atomic mass is 10.0. The normalized spacial score (nSPS) is 10.5. The summed E-state index contributed by atoms with van der Waals surface area (Å²) in [7, 11) is 0. The fourth-order valence-electron chi connectivity index (χ4n) is 1.95. The molecule has 2 rings (SSSR count). The Morgan fingerprint density at radius 3 is 2.79 bits per heavy atom. The summed E-state index contributed by atoms with van der Waals surface area (Å²) in [4.78, 5) is 7.90. The average Bonchev–Trinajstić information content (AvgIpc) is 2.37. The van der Waals surface area contributed by atoms with Crippen molar-refractivity contribution < 1.29 is 0 Å². The molecule has 0 aliphatic rings. The molecule has 100 valence electrons. The van der Waals surface area contributed by atoms with Gasteiger partial charge in [-0.05, 0) is 31.4 Å². The predicted octanol–water partition coefficient (Wildman–Crippen LogP) is 2.98. The first-order valence-corrected chi connectivity index (χ1v) is 6.51. The zero-order valence-electron chi connectivity index (χ0n) is 11.1. The lowest BCUT2D eigenvalue weighted by molar-refractivity contribution is 0.987. The highest BCUT2D eigenvalue weighted by Gasteiger charge is 2.06. The summed E-state index contributed by atoms with van der Waals surface area (Å²) in [5, 5.41) is 3.56. The molecular formula is C14H17ClN4. The number of hydrogen-bond acceptors (Lipinski definition) is 4. The van der Waals surface area contributed by atoms with E-state index in [1.54, 1.807) is 0 Å². The number of aryl methyl sites for hydroxylation is 2. The van der Waals surface area contributed by atoms with Crippen molar-refractivity contribution in [2.45, 2.75) is 20.3 Å². The van der Waals surface area contributed by atoms with Gasteiger partial charge in [0.2, 0.25) is 0 Å². The number of rotatable bonds is 4. The van der Waals surface area contributed by atoms with Crippen LogP contribution in [-0.2, 0) is 6.42 Å². The van der Waals surface area contributed by atoms with E-state index in [0.29, 0.717) is 16.7 Å². The van der Waals surface area contributed by atoms with Crippen LogP contribution in [0.5, 0.6) is 0 Å². The molecule has 0 aliphatic carbocycles. The van der Waals surface area contributed by atoms with Gasteiger partial charge in [-0.25, -0.2) is 9.97 Å². The van der Waals surface area contributed by atoms with Gasteiger partial charge >= 0.3 is 0 Å². The van der Waals surface area contributed by atoms with Crippen LogP contribution in [-0.4, -0.2) is 16.5 Å². The first kappa shape index (κ1) is 13.6. The van der Waals surface area contributed by atoms with E-state index in [-0.39, 0.29) is 0 Å². The van der Waals surface area contributed by atoms with Gasteiger partial charge in [-0.1, -0.05) is 35.4 Å². The topological polar surface area (TPSA) is 63.8 Å². The Morgan fingerprint density at radius 2 is 2.05 bits per heavy atom. The molecule has 19 heavy (non-hydrogen) atoms. The molecule has 3 N–H and O–H groups in total. The Labute approximate surface area is 118 Å². The molecule has 0 bridgehead atoms. The zero-order valence-corrected chi connectivity index (χ0v) is 11.8. The van der Waals surface area contributed by atoms with Gasteiger partial charge in [0, 0.05) is 6.54 Å². The molecule has 0 amide bonds. The monoisotopic (exact) mass is 276 g/mol. The summed E-state index contributed by atoms with van der Waals surface area (Å²) in [6.45, 7) is 4.97. The number of anilines is 2. The van der Waals surface area contributed by atoms with Gasteiger partial charge in [-0.3, -0.25) is 0 Å². The molecule has 0 atom stereocenters. The molecule has 1 aromatic carbocycles. The van der Waals surface area contributed by atoms with E-state index < -0.39 is 0 Å². The predicted molar refractivity (Wildman–Crippen MR) is 79.6 cm³/mol. The number of nitrogen functional groups attached to an aromatic ring is 1. The molecule has 0 unspecified atom stereocenters. The third-order valence-electron chi connectivity index (χ3n) is 3.00. The number of halogens is 1. The second kappa shape index (κ2) is 5.89. The van der Waals surface area contributed by atoms with Crippen LogP contribution in [0.15, 0.2) is 24.5 Å². The van der Waals surface area contributed by atoms with Crippen molar-refractivity contribution in [3.8, 4) is 0 Å². The van der Waals surface area contributed by atoms with Gasteiger partial charge < -0.3 is 11.1 Å². The summed E-state index contributed by atoms with van der Waals surface area (Å²) in [5.74, 6) is 0.879. The minimum Gasteiger partial charge on any atom is -0.382 e. The molecule has 0 saturated heterocycles. The van der Waals surface area contributed by atoms with Crippen molar-refractivity contribution in [1.29, 1.82) is 0 Å². The van der Waals surface area contributed by atoms with Crippen molar-refractivity contribution in [2.75, 3.05) is 17.6 Å². The quantitative estimate of drug-likeness (QED) is 0.901. The first-order chi connectivity index (χ1) is 9.08. The minimum atomic E-state index is 0.297. The van der Waals surface area contributed by atoms with Gasteiger partial charge in [0.15, 0.2) is 0 Å². The Hall–Kier alpha value is -1.81. The molecule has 1 aromatic heterocycles. The SMILES string of the molecule is Cc1ccc(CCNc2ncnc(N)c2Cl)c(C)c1. The van der Waals surface area contributed by atoms with Gasteiger partial charge in [0.25, 0.3) is 0 Å². The average molecular weight is 277 g/mol. The highest BCUT2D eigenvalue weighted by Crippen LogP contribution is 2.23. The van der Waals surface area contributed by atoms with Crippen LogP contribution in [0.2, 0.25) is 5.02 Å². The van der Waals surface area contributed by atoms with Crippen molar-refractivity contribution >= 4 is 23.2 Å². The third-order valence-corrected chi connectivity index (χ3v) is 3.37. The largest absolute Gasteiger partial charge is 0.382 e. The lowest BCUT2D eigenvalue weighted by Gasteiger charge is -2.10. The van der Waals surface area contributed by atoms with E-state index >= 15 is 0 Å². The maximum absolute atomic E-state index is 6.01. The van der Waals surface area contributed by atoms with Crippen molar-refractivity contribution in [3.05, 3.63) is 46.2 Å². The fraction of sp³-hybridized carbons (Fsp3) is 0.286. The number of hydrogen-bond donors (Lipinski definition) is 2. The number of nitrogens with one attached hydrogen (secondary N) is 1. The van der Waals surface area contributed by atoms with Gasteiger partial charge in [-0.15, -0.1) is 0 Å². The Bertz CT molecular complexity index is 584. The van der Waals surface area contributed by atoms with Crippen LogP contribution < -0.4 is 11.1 Å². The van der Waals surface area contributed by atoms with Crippen LogP contribution in [0, 0.1) is 13.8 Å². The van der Waals surface area contributed by atoms with Crippen molar-refractivity contribution in [1.82, 2.24) is 9.97 Å². The molecule has 0 spiro atoms. The van der Waals surface area contributed by atoms with Crippen LogP contribution in [0.1, 0.15) is 16.7 Å². The van der Waals surface area contributed by atoms with Crippen LogP contribution in [0.3, 0.4) is 0 Å². The summed E-state index contributed by atoms with van der Waals surface area (Å²) in [5.41, 5.74) is 9.52. The molecule has 4 nitrogen and oxygen atoms in total. The zero-order chi connectivity index (χ0) is 13.8. The number of nitrogens with zero attached hydrogens (tertiary/aromatic N) is 2. The second-order valence-corrected chi connectivity index (χ2v) is 4.91. The van der Waals surface area contributed by atoms with Gasteiger partial charge in [0.1, 0.15) is 23.0 Å². The van der Waals surface area contributed by atoms with Gasteiger partial charge in [-0.2, -0.15) is 0 Å². The summed E-state index contributed by atoms with van der Waals surface area (Å²) >= 11 is 6.01. The summed E-state index contributed by atoms with van der Waals surface area (Å²) in [6, 6.07) is 6.46. The molecular weight excluding hydrogens is 260 g/mol. The van der Waals surface area contributed by atoms with Crippen LogP contribution in [0.25, 0.3) is 0 Å². The third kappa shape index (κ3) is 3.35. The van der Waals surface area contributed by atoms with Gasteiger partial charge in [0.05, 0.1) is 0 Å². The van der Waals surface area contributed by atoms with E-state index in [1.807, 2.05) is 0 Å².